The third kappa shape index (κ3) is 4.64. The molecule has 4 heterocycles. The summed E-state index contributed by atoms with van der Waals surface area (Å²) in [5, 5.41) is 11.3. The molecule has 2 saturated carbocycles. The lowest BCUT2D eigenvalue weighted by Crippen LogP contribution is -2.54. The van der Waals surface area contributed by atoms with Crippen molar-refractivity contribution in [1.82, 2.24) is 29.6 Å². The largest absolute Gasteiger partial charge is 0.365 e. The number of halogens is 2. The predicted molar refractivity (Wildman–Crippen MR) is 138 cm³/mol. The number of hydrogen-bond donors (Lipinski definition) is 2. The molecule has 3 aliphatic rings. The minimum Gasteiger partial charge on any atom is -0.365 e. The average molecular weight is 552 g/mol. The molecule has 3 aromatic rings. The molecule has 2 aliphatic carbocycles. The van der Waals surface area contributed by atoms with Crippen molar-refractivity contribution in [3.05, 3.63) is 23.0 Å². The second-order valence-corrected chi connectivity index (χ2v) is 13.7. The van der Waals surface area contributed by atoms with Gasteiger partial charge in [-0.25, -0.2) is 26.9 Å². The van der Waals surface area contributed by atoms with Crippen LogP contribution in [-0.4, -0.2) is 58.7 Å². The highest BCUT2D eigenvalue weighted by atomic mass is 32.2. The maximum atomic E-state index is 13.5. The maximum Gasteiger partial charge on any atom is 0.291 e. The van der Waals surface area contributed by atoms with E-state index in [-0.39, 0.29) is 27.9 Å². The zero-order valence-corrected chi connectivity index (χ0v) is 22.7. The molecule has 13 heteroatoms. The van der Waals surface area contributed by atoms with Crippen LogP contribution in [-0.2, 0) is 10.0 Å². The van der Waals surface area contributed by atoms with E-state index in [1.807, 2.05) is 6.92 Å². The van der Waals surface area contributed by atoms with Crippen molar-refractivity contribution in [1.29, 1.82) is 0 Å². The first kappa shape index (κ1) is 25.1. The minimum atomic E-state index is -3.84. The molecule has 0 spiro atoms. The fourth-order valence-electron chi connectivity index (χ4n) is 5.29. The number of sulfonamides is 1. The molecule has 200 valence electrons. The molecular formula is C24H31F2N7O2S2. The van der Waals surface area contributed by atoms with E-state index in [1.54, 1.807) is 16.7 Å². The van der Waals surface area contributed by atoms with Crippen LogP contribution in [0.4, 0.5) is 14.5 Å². The number of nitrogens with zero attached hydrogens (tertiary/aromatic N) is 5. The molecule has 9 nitrogen and oxygen atoms in total. The van der Waals surface area contributed by atoms with Gasteiger partial charge in [-0.3, -0.25) is 4.40 Å². The number of alkyl halides is 2. The zero-order valence-electron chi connectivity index (χ0n) is 21.0. The number of aromatic nitrogens is 4. The van der Waals surface area contributed by atoms with Gasteiger partial charge in [0.15, 0.2) is 15.7 Å². The fraction of sp³-hybridized carbons (Fsp3) is 0.625. The van der Waals surface area contributed by atoms with Crippen molar-refractivity contribution in [3.63, 3.8) is 0 Å². The number of imidazole rings is 1. The second-order valence-electron chi connectivity index (χ2n) is 11.0. The Balaban J connectivity index is 1.58. The van der Waals surface area contributed by atoms with Crippen LogP contribution in [0.25, 0.3) is 16.3 Å². The van der Waals surface area contributed by atoms with Crippen LogP contribution < -0.4 is 14.9 Å². The minimum absolute atomic E-state index is 0.124. The Bertz CT molecular complexity index is 1440. The van der Waals surface area contributed by atoms with Gasteiger partial charge in [-0.05, 0) is 52.5 Å². The van der Waals surface area contributed by atoms with Crippen LogP contribution in [0.3, 0.4) is 0 Å². The van der Waals surface area contributed by atoms with Gasteiger partial charge in [-0.15, -0.1) is 10.2 Å². The van der Waals surface area contributed by atoms with Crippen molar-refractivity contribution in [2.75, 3.05) is 18.0 Å². The van der Waals surface area contributed by atoms with Gasteiger partial charge in [0.25, 0.3) is 6.43 Å². The van der Waals surface area contributed by atoms with E-state index < -0.39 is 22.0 Å². The van der Waals surface area contributed by atoms with E-state index in [2.05, 4.69) is 39.0 Å². The Morgan fingerprint density at radius 1 is 1.19 bits per heavy atom. The summed E-state index contributed by atoms with van der Waals surface area (Å²) in [4.78, 5) is 7.33. The maximum absolute atomic E-state index is 13.5. The van der Waals surface area contributed by atoms with Crippen LogP contribution in [0, 0.1) is 0 Å². The molecule has 0 aromatic carbocycles. The van der Waals surface area contributed by atoms with E-state index in [0.29, 0.717) is 29.4 Å². The van der Waals surface area contributed by atoms with Gasteiger partial charge in [0.2, 0.25) is 10.0 Å². The summed E-state index contributed by atoms with van der Waals surface area (Å²) in [5.74, 6) is 0.172. The molecular weight excluding hydrogens is 520 g/mol. The lowest BCUT2D eigenvalue weighted by Gasteiger charge is -2.37. The molecule has 3 aromatic heterocycles. The first-order valence-electron chi connectivity index (χ1n) is 12.8. The van der Waals surface area contributed by atoms with Crippen LogP contribution in [0.2, 0.25) is 0 Å². The van der Waals surface area contributed by atoms with Crippen LogP contribution in [0.5, 0.6) is 0 Å². The van der Waals surface area contributed by atoms with E-state index in [9.17, 15) is 17.2 Å². The van der Waals surface area contributed by atoms with Gasteiger partial charge >= 0.3 is 0 Å². The number of hydrogen-bond acceptors (Lipinski definition) is 8. The summed E-state index contributed by atoms with van der Waals surface area (Å²) in [7, 11) is -3.84. The first-order valence-corrected chi connectivity index (χ1v) is 15.1. The van der Waals surface area contributed by atoms with E-state index >= 15 is 0 Å². The molecule has 1 aliphatic heterocycles. The Morgan fingerprint density at radius 3 is 2.46 bits per heavy atom. The molecule has 3 fully saturated rings. The van der Waals surface area contributed by atoms with Crippen LogP contribution in [0.15, 0.2) is 17.2 Å². The third-order valence-corrected chi connectivity index (χ3v) is 10.2. The first-order chi connectivity index (χ1) is 17.5. The highest BCUT2D eigenvalue weighted by Gasteiger charge is 2.42. The van der Waals surface area contributed by atoms with Crippen LogP contribution >= 0.6 is 11.3 Å². The number of nitrogens with one attached hydrogen (secondary N) is 2. The molecule has 0 bridgehead atoms. The van der Waals surface area contributed by atoms with Gasteiger partial charge in [-0.1, -0.05) is 17.8 Å². The second kappa shape index (κ2) is 8.92. The fourth-order valence-corrected chi connectivity index (χ4v) is 7.53. The number of pyridine rings is 1. The topological polar surface area (TPSA) is 105 Å². The Morgan fingerprint density at radius 2 is 1.89 bits per heavy atom. The zero-order chi connectivity index (χ0) is 26.1. The lowest BCUT2D eigenvalue weighted by atomic mass is 9.82. The smallest absolute Gasteiger partial charge is 0.291 e. The van der Waals surface area contributed by atoms with Gasteiger partial charge in [0.1, 0.15) is 10.6 Å². The van der Waals surface area contributed by atoms with E-state index in [4.69, 9.17) is 4.98 Å². The van der Waals surface area contributed by atoms with E-state index in [0.717, 1.165) is 54.8 Å². The molecule has 2 atom stereocenters. The highest BCUT2D eigenvalue weighted by Crippen LogP contribution is 2.44. The summed E-state index contributed by atoms with van der Waals surface area (Å²) in [6.45, 7) is 7.46. The number of piperazine rings is 1. The quantitative estimate of drug-likeness (QED) is 0.456. The summed E-state index contributed by atoms with van der Waals surface area (Å²) in [6.07, 6.45) is 3.37. The molecule has 0 amide bonds. The Labute approximate surface area is 218 Å². The predicted octanol–water partition coefficient (Wildman–Crippen LogP) is 4.08. The van der Waals surface area contributed by atoms with Gasteiger partial charge < -0.3 is 10.2 Å². The van der Waals surface area contributed by atoms with Crippen molar-refractivity contribution in [3.8, 4) is 10.7 Å². The van der Waals surface area contributed by atoms with Crippen molar-refractivity contribution in [2.45, 2.75) is 87.7 Å². The van der Waals surface area contributed by atoms with Crippen LogP contribution in [0.1, 0.15) is 75.9 Å². The molecule has 2 N–H and O–H groups in total. The molecule has 0 unspecified atom stereocenters. The SMILES string of the molecule is C[C@H]1CN(c2cc(S(=O)(=O)NC3(C)CC3)cn3c(-c4nnc(C(F)F)s4)c(C4CCC4)nc23)C[C@H](C)N1. The highest BCUT2D eigenvalue weighted by molar-refractivity contribution is 7.89. The Kier molecular flexibility index (Phi) is 6.05. The number of anilines is 1. The summed E-state index contributed by atoms with van der Waals surface area (Å²) in [5.41, 5.74) is 2.23. The molecule has 1 saturated heterocycles. The van der Waals surface area contributed by atoms with Crippen molar-refractivity contribution < 1.29 is 17.2 Å². The third-order valence-electron chi connectivity index (χ3n) is 7.61. The van der Waals surface area contributed by atoms with Gasteiger partial charge in [0.05, 0.1) is 11.4 Å². The summed E-state index contributed by atoms with van der Waals surface area (Å²) in [6, 6.07) is 2.11. The normalized spacial score (nSPS) is 24.1. The van der Waals surface area contributed by atoms with E-state index in [1.165, 1.54) is 0 Å². The monoisotopic (exact) mass is 551 g/mol. The van der Waals surface area contributed by atoms with Crippen molar-refractivity contribution >= 4 is 32.7 Å². The Hall–Kier alpha value is -2.22. The number of rotatable bonds is 7. The van der Waals surface area contributed by atoms with Gasteiger partial charge in [-0.2, -0.15) is 0 Å². The lowest BCUT2D eigenvalue weighted by molar-refractivity contribution is 0.150. The number of fused-ring (bicyclic) bond motifs is 1. The summed E-state index contributed by atoms with van der Waals surface area (Å²) < 4.78 is 58.5. The standard InChI is InChI=1S/C24H31F2N7O2S2/c1-13-10-32(11-14(2)27-13)17-9-16(37(34,35)31-24(3)7-8-24)12-33-19(22-29-30-23(36-22)20(25)26)18(28-21(17)33)15-5-4-6-15/h9,12-15,20,27,31H,4-8,10-11H2,1-3H3/t13-,14-/m0/s1. The molecule has 6 rings (SSSR count). The molecule has 37 heavy (non-hydrogen) atoms. The summed E-state index contributed by atoms with van der Waals surface area (Å²) >= 11 is 0.834. The average Bonchev–Trinajstić information content (AvgIpc) is 3.17. The van der Waals surface area contributed by atoms with Gasteiger partial charge in [0, 0.05) is 42.8 Å². The molecule has 0 radical (unpaired) electrons. The van der Waals surface area contributed by atoms with Crippen molar-refractivity contribution in [2.24, 2.45) is 0 Å².